The van der Waals surface area contributed by atoms with Crippen molar-refractivity contribution in [2.45, 2.75) is 45.6 Å². The summed E-state index contributed by atoms with van der Waals surface area (Å²) < 4.78 is 11.6. The maximum Gasteiger partial charge on any atom is 0.260 e. The molecule has 2 heterocycles. The van der Waals surface area contributed by atoms with Crippen LogP contribution in [-0.4, -0.2) is 46.6 Å². The zero-order chi connectivity index (χ0) is 19.2. The van der Waals surface area contributed by atoms with Gasteiger partial charge >= 0.3 is 0 Å². The normalized spacial score (nSPS) is 17.0. The number of carbonyl (C=O) groups is 1. The van der Waals surface area contributed by atoms with Crippen LogP contribution in [0.4, 0.5) is 0 Å². The largest absolute Gasteiger partial charge is 0.484 e. The highest BCUT2D eigenvalue weighted by molar-refractivity contribution is 5.77. The van der Waals surface area contributed by atoms with E-state index in [0.29, 0.717) is 29.9 Å². The van der Waals surface area contributed by atoms with Crippen LogP contribution >= 0.6 is 0 Å². The van der Waals surface area contributed by atoms with E-state index in [1.165, 1.54) is 5.56 Å². The van der Waals surface area contributed by atoms with Crippen molar-refractivity contribution in [1.29, 1.82) is 0 Å². The van der Waals surface area contributed by atoms with Crippen molar-refractivity contribution < 1.29 is 14.3 Å². The van der Waals surface area contributed by atoms with Crippen LogP contribution in [-0.2, 0) is 4.79 Å². The first kappa shape index (κ1) is 19.1. The molecule has 1 aromatic carbocycles. The average molecular weight is 369 g/mol. The van der Waals surface area contributed by atoms with Crippen LogP contribution in [0, 0.1) is 6.92 Å². The highest BCUT2D eigenvalue weighted by Gasteiger charge is 2.25. The van der Waals surface area contributed by atoms with Gasteiger partial charge in [-0.3, -0.25) is 4.79 Å². The first-order valence-electron chi connectivity index (χ1n) is 9.48. The number of hydrogen-bond donors (Lipinski definition) is 0. The lowest BCUT2D eigenvalue weighted by Crippen LogP contribution is -2.46. The molecule has 1 amide bonds. The zero-order valence-corrected chi connectivity index (χ0v) is 16.2. The minimum absolute atomic E-state index is 0.0184. The van der Waals surface area contributed by atoms with Crippen LogP contribution in [0.25, 0.3) is 0 Å². The predicted octanol–water partition coefficient (Wildman–Crippen LogP) is 3.36. The van der Waals surface area contributed by atoms with Gasteiger partial charge in [0, 0.05) is 18.8 Å². The number of amides is 1. The van der Waals surface area contributed by atoms with E-state index in [9.17, 15) is 4.79 Å². The molecule has 1 saturated heterocycles. The summed E-state index contributed by atoms with van der Waals surface area (Å²) in [5.41, 5.74) is 1.25. The van der Waals surface area contributed by atoms with E-state index in [4.69, 9.17) is 9.47 Å². The minimum atomic E-state index is -0.0534. The second-order valence-corrected chi connectivity index (χ2v) is 7.18. The quantitative estimate of drug-likeness (QED) is 0.781. The number of carbonyl (C=O) groups excluding carboxylic acids is 1. The molecule has 1 atom stereocenters. The summed E-state index contributed by atoms with van der Waals surface area (Å²) >= 11 is 0. The maximum atomic E-state index is 12.5. The lowest BCUT2D eigenvalue weighted by atomic mass is 10.0. The fourth-order valence-corrected chi connectivity index (χ4v) is 3.12. The Morgan fingerprint density at radius 3 is 2.74 bits per heavy atom. The number of aromatic nitrogens is 2. The van der Waals surface area contributed by atoms with Crippen molar-refractivity contribution in [1.82, 2.24) is 14.9 Å². The summed E-state index contributed by atoms with van der Waals surface area (Å²) in [6.07, 6.45) is 3.44. The van der Waals surface area contributed by atoms with Gasteiger partial charge in [0.05, 0.1) is 6.54 Å². The first-order chi connectivity index (χ1) is 13.0. The number of likely N-dealkylation sites (tertiary alicyclic amines) is 1. The second-order valence-electron chi connectivity index (χ2n) is 7.18. The SMILES string of the molecule is Cc1nccc(OC2CCCN(C(=O)COc3ccc(C(C)C)cc3)C2)n1. The first-order valence-corrected chi connectivity index (χ1v) is 9.48. The third-order valence-electron chi connectivity index (χ3n) is 4.68. The summed E-state index contributed by atoms with van der Waals surface area (Å²) in [5.74, 6) is 2.41. The number of aryl methyl sites for hydroxylation is 1. The van der Waals surface area contributed by atoms with Crippen molar-refractivity contribution >= 4 is 5.91 Å². The third kappa shape index (κ3) is 5.42. The lowest BCUT2D eigenvalue weighted by Gasteiger charge is -2.32. The van der Waals surface area contributed by atoms with Crippen molar-refractivity contribution in [3.63, 3.8) is 0 Å². The van der Waals surface area contributed by atoms with Crippen LogP contribution in [0.3, 0.4) is 0 Å². The molecule has 3 rings (SSSR count). The van der Waals surface area contributed by atoms with Gasteiger partial charge in [-0.05, 0) is 43.4 Å². The van der Waals surface area contributed by atoms with Gasteiger partial charge in [-0.2, -0.15) is 4.98 Å². The fraction of sp³-hybridized carbons (Fsp3) is 0.476. The van der Waals surface area contributed by atoms with Crippen LogP contribution in [0.5, 0.6) is 11.6 Å². The van der Waals surface area contributed by atoms with Crippen molar-refractivity contribution in [2.24, 2.45) is 0 Å². The van der Waals surface area contributed by atoms with Gasteiger partial charge in [-0.1, -0.05) is 26.0 Å². The fourth-order valence-electron chi connectivity index (χ4n) is 3.12. The molecule has 6 nitrogen and oxygen atoms in total. The number of nitrogens with zero attached hydrogens (tertiary/aromatic N) is 3. The molecule has 0 aliphatic carbocycles. The van der Waals surface area contributed by atoms with E-state index in [0.717, 1.165) is 19.4 Å². The molecule has 1 fully saturated rings. The average Bonchev–Trinajstić information content (AvgIpc) is 2.66. The minimum Gasteiger partial charge on any atom is -0.484 e. The number of benzene rings is 1. The summed E-state index contributed by atoms with van der Waals surface area (Å²) in [5, 5.41) is 0. The molecule has 1 aromatic heterocycles. The molecule has 0 N–H and O–H groups in total. The summed E-state index contributed by atoms with van der Waals surface area (Å²) in [6.45, 7) is 7.46. The van der Waals surface area contributed by atoms with Gasteiger partial charge in [0.2, 0.25) is 5.88 Å². The van der Waals surface area contributed by atoms with E-state index in [1.54, 1.807) is 12.3 Å². The molecule has 144 valence electrons. The van der Waals surface area contributed by atoms with Gasteiger partial charge < -0.3 is 14.4 Å². The Morgan fingerprint density at radius 2 is 2.04 bits per heavy atom. The maximum absolute atomic E-state index is 12.5. The Bertz CT molecular complexity index is 762. The number of ether oxygens (including phenoxy) is 2. The van der Waals surface area contributed by atoms with E-state index < -0.39 is 0 Å². The second kappa shape index (κ2) is 8.84. The Balaban J connectivity index is 1.50. The molecule has 6 heteroatoms. The van der Waals surface area contributed by atoms with Crippen LogP contribution in [0.1, 0.15) is 44.0 Å². The van der Waals surface area contributed by atoms with E-state index in [2.05, 4.69) is 23.8 Å². The molecule has 27 heavy (non-hydrogen) atoms. The van der Waals surface area contributed by atoms with Crippen LogP contribution in [0.2, 0.25) is 0 Å². The van der Waals surface area contributed by atoms with Gasteiger partial charge in [0.15, 0.2) is 6.61 Å². The lowest BCUT2D eigenvalue weighted by molar-refractivity contribution is -0.136. The highest BCUT2D eigenvalue weighted by atomic mass is 16.5. The standard InChI is InChI=1S/C21H27N3O3/c1-15(2)17-6-8-18(9-7-17)26-14-21(25)24-12-4-5-19(13-24)27-20-10-11-22-16(3)23-20/h6-11,15,19H,4-5,12-14H2,1-3H3. The molecular weight excluding hydrogens is 342 g/mol. The third-order valence-corrected chi connectivity index (χ3v) is 4.68. The molecule has 0 saturated carbocycles. The Hall–Kier alpha value is -2.63. The Kier molecular flexibility index (Phi) is 6.27. The summed E-state index contributed by atoms with van der Waals surface area (Å²) in [4.78, 5) is 22.7. The molecule has 2 aromatic rings. The van der Waals surface area contributed by atoms with Crippen LogP contribution in [0.15, 0.2) is 36.5 Å². The highest BCUT2D eigenvalue weighted by Crippen LogP contribution is 2.20. The number of rotatable bonds is 6. The summed E-state index contributed by atoms with van der Waals surface area (Å²) in [6, 6.07) is 9.67. The number of hydrogen-bond acceptors (Lipinski definition) is 5. The molecular formula is C21H27N3O3. The molecule has 0 bridgehead atoms. The monoisotopic (exact) mass is 369 g/mol. The van der Waals surface area contributed by atoms with Gasteiger partial charge in [-0.25, -0.2) is 4.98 Å². The predicted molar refractivity (Wildman–Crippen MR) is 103 cm³/mol. The van der Waals surface area contributed by atoms with E-state index in [1.807, 2.05) is 36.1 Å². The van der Waals surface area contributed by atoms with Gasteiger partial charge in [0.25, 0.3) is 5.91 Å². The Labute approximate surface area is 160 Å². The Morgan fingerprint density at radius 1 is 1.26 bits per heavy atom. The molecule has 1 unspecified atom stereocenters. The smallest absolute Gasteiger partial charge is 0.260 e. The van der Waals surface area contributed by atoms with Crippen molar-refractivity contribution in [2.75, 3.05) is 19.7 Å². The van der Waals surface area contributed by atoms with Gasteiger partial charge in [0.1, 0.15) is 17.7 Å². The topological polar surface area (TPSA) is 64.5 Å². The van der Waals surface area contributed by atoms with Crippen molar-refractivity contribution in [3.8, 4) is 11.6 Å². The van der Waals surface area contributed by atoms with E-state index >= 15 is 0 Å². The van der Waals surface area contributed by atoms with Crippen molar-refractivity contribution in [3.05, 3.63) is 47.9 Å². The zero-order valence-electron chi connectivity index (χ0n) is 16.2. The van der Waals surface area contributed by atoms with Crippen LogP contribution < -0.4 is 9.47 Å². The number of piperidine rings is 1. The van der Waals surface area contributed by atoms with Gasteiger partial charge in [-0.15, -0.1) is 0 Å². The van der Waals surface area contributed by atoms with E-state index in [-0.39, 0.29) is 18.6 Å². The molecule has 0 radical (unpaired) electrons. The summed E-state index contributed by atoms with van der Waals surface area (Å²) in [7, 11) is 0. The molecule has 0 spiro atoms. The molecule has 1 aliphatic heterocycles. The molecule has 1 aliphatic rings.